The molecule has 3 heterocycles. The Morgan fingerprint density at radius 3 is 3.00 bits per heavy atom. The summed E-state index contributed by atoms with van der Waals surface area (Å²) in [5, 5.41) is 7.90. The second-order valence-electron chi connectivity index (χ2n) is 7.79. The molecule has 1 unspecified atom stereocenters. The topological polar surface area (TPSA) is 85.9 Å². The first-order chi connectivity index (χ1) is 14.2. The summed E-state index contributed by atoms with van der Waals surface area (Å²) >= 11 is 0. The van der Waals surface area contributed by atoms with Gasteiger partial charge in [0.2, 0.25) is 0 Å². The fourth-order valence-electron chi connectivity index (χ4n) is 3.98. The minimum atomic E-state index is 0.0337. The quantitative estimate of drug-likeness (QED) is 0.349. The average molecular weight is 409 g/mol. The zero-order chi connectivity index (χ0) is 20.5. The van der Waals surface area contributed by atoms with Crippen molar-refractivity contribution in [1.82, 2.24) is 24.6 Å². The maximum absolute atomic E-state index is 12.4. The largest absolute Gasteiger partial charge is 0.382 e. The monoisotopic (exact) mass is 408 g/mol. The van der Waals surface area contributed by atoms with Crippen molar-refractivity contribution in [3.63, 3.8) is 0 Å². The van der Waals surface area contributed by atoms with Gasteiger partial charge in [-0.05, 0) is 32.6 Å². The van der Waals surface area contributed by atoms with Gasteiger partial charge in [0.15, 0.2) is 5.96 Å². The van der Waals surface area contributed by atoms with Gasteiger partial charge in [0, 0.05) is 58.7 Å². The number of aliphatic imine (C=N–C) groups is 1. The van der Waals surface area contributed by atoms with Gasteiger partial charge in [-0.2, -0.15) is 5.10 Å². The van der Waals surface area contributed by atoms with Crippen LogP contribution in [0.5, 0.6) is 0 Å². The van der Waals surface area contributed by atoms with Gasteiger partial charge in [0.25, 0.3) is 0 Å². The molecule has 29 heavy (non-hydrogen) atoms. The molecular formula is C20H36N6O3. The molecule has 0 bridgehead atoms. The summed E-state index contributed by atoms with van der Waals surface area (Å²) in [4.78, 5) is 19.5. The first kappa shape index (κ1) is 21.8. The normalized spacial score (nSPS) is 19.6. The Bertz CT molecular complexity index is 714. The van der Waals surface area contributed by atoms with E-state index in [2.05, 4.69) is 22.2 Å². The molecule has 164 valence electrons. The molecule has 0 saturated carbocycles. The van der Waals surface area contributed by atoms with Gasteiger partial charge >= 0.3 is 5.69 Å². The van der Waals surface area contributed by atoms with Crippen molar-refractivity contribution in [2.45, 2.75) is 52.1 Å². The van der Waals surface area contributed by atoms with Crippen molar-refractivity contribution >= 4 is 5.96 Å². The average Bonchev–Trinajstić information content (AvgIpc) is 3.33. The van der Waals surface area contributed by atoms with Crippen molar-refractivity contribution in [2.75, 3.05) is 53.1 Å². The molecular weight excluding hydrogens is 372 g/mol. The minimum Gasteiger partial charge on any atom is -0.382 e. The predicted octanol–water partition coefficient (Wildman–Crippen LogP) is 0.722. The lowest BCUT2D eigenvalue weighted by Gasteiger charge is -2.21. The first-order valence-electron chi connectivity index (χ1n) is 11.0. The highest BCUT2D eigenvalue weighted by Gasteiger charge is 2.25. The second kappa shape index (κ2) is 11.3. The molecule has 1 aromatic heterocycles. The van der Waals surface area contributed by atoms with E-state index >= 15 is 0 Å². The van der Waals surface area contributed by atoms with E-state index in [0.717, 1.165) is 76.7 Å². The van der Waals surface area contributed by atoms with Crippen LogP contribution >= 0.6 is 0 Å². The third-order valence-corrected chi connectivity index (χ3v) is 5.53. The summed E-state index contributed by atoms with van der Waals surface area (Å²) < 4.78 is 14.2. The lowest BCUT2D eigenvalue weighted by atomic mass is 10.1. The van der Waals surface area contributed by atoms with Crippen molar-refractivity contribution in [2.24, 2.45) is 10.9 Å². The van der Waals surface area contributed by atoms with Crippen LogP contribution in [0.2, 0.25) is 0 Å². The summed E-state index contributed by atoms with van der Waals surface area (Å²) in [6.07, 6.45) is 5.04. The van der Waals surface area contributed by atoms with Crippen LogP contribution in [0.1, 0.15) is 38.4 Å². The van der Waals surface area contributed by atoms with Gasteiger partial charge in [-0.3, -0.25) is 9.56 Å². The Kier molecular flexibility index (Phi) is 8.54. The molecule has 0 aliphatic carbocycles. The maximum Gasteiger partial charge on any atom is 0.345 e. The minimum absolute atomic E-state index is 0.0337. The fraction of sp³-hybridized carbons (Fsp3) is 0.850. The standard InChI is InChI=1S/C20H36N6O3/c1-3-21-19(24-12-8-17(15-24)16-29-14-13-28-2)22-9-6-11-26-20(27)25-10-5-4-7-18(25)23-26/h17H,3-16H2,1-2H3,(H,21,22). The molecule has 3 rings (SSSR count). The Hall–Kier alpha value is -1.87. The van der Waals surface area contributed by atoms with Crippen LogP contribution in [0.25, 0.3) is 0 Å². The van der Waals surface area contributed by atoms with E-state index in [1.807, 2.05) is 4.57 Å². The highest BCUT2D eigenvalue weighted by molar-refractivity contribution is 5.80. The Balaban J connectivity index is 1.46. The van der Waals surface area contributed by atoms with Crippen LogP contribution in [0.15, 0.2) is 9.79 Å². The number of hydrogen-bond acceptors (Lipinski definition) is 5. The number of aryl methyl sites for hydroxylation is 2. The van der Waals surface area contributed by atoms with Gasteiger partial charge in [0.1, 0.15) is 5.82 Å². The van der Waals surface area contributed by atoms with E-state index in [4.69, 9.17) is 14.5 Å². The molecule has 1 saturated heterocycles. The van der Waals surface area contributed by atoms with Crippen LogP contribution in [0.4, 0.5) is 0 Å². The third-order valence-electron chi connectivity index (χ3n) is 5.53. The molecule has 1 aromatic rings. The SMILES string of the molecule is CCNC(=NCCCn1nc2n(c1=O)CCCC2)N1CCC(COCCOC)C1. The smallest absolute Gasteiger partial charge is 0.345 e. The molecule has 0 spiro atoms. The molecule has 2 aliphatic heterocycles. The van der Waals surface area contributed by atoms with Gasteiger partial charge in [-0.25, -0.2) is 9.48 Å². The number of aromatic nitrogens is 3. The summed E-state index contributed by atoms with van der Waals surface area (Å²) in [5.41, 5.74) is 0.0337. The number of methoxy groups -OCH3 is 1. The molecule has 2 aliphatic rings. The number of likely N-dealkylation sites (tertiary alicyclic amines) is 1. The Morgan fingerprint density at radius 1 is 1.31 bits per heavy atom. The Labute approximate surface area is 173 Å². The summed E-state index contributed by atoms with van der Waals surface area (Å²) in [6.45, 7) is 9.07. The van der Waals surface area contributed by atoms with E-state index in [1.165, 1.54) is 0 Å². The summed E-state index contributed by atoms with van der Waals surface area (Å²) in [5.74, 6) is 2.43. The number of rotatable bonds is 10. The van der Waals surface area contributed by atoms with E-state index in [-0.39, 0.29) is 5.69 Å². The molecule has 0 amide bonds. The second-order valence-corrected chi connectivity index (χ2v) is 7.79. The van der Waals surface area contributed by atoms with Crippen LogP contribution in [-0.4, -0.2) is 78.3 Å². The number of guanidine groups is 1. The van der Waals surface area contributed by atoms with Crippen LogP contribution in [0, 0.1) is 5.92 Å². The Morgan fingerprint density at radius 2 is 2.21 bits per heavy atom. The number of nitrogens with one attached hydrogen (secondary N) is 1. The van der Waals surface area contributed by atoms with Gasteiger partial charge in [0.05, 0.1) is 19.8 Å². The molecule has 9 heteroatoms. The molecule has 1 fully saturated rings. The van der Waals surface area contributed by atoms with E-state index in [0.29, 0.717) is 32.2 Å². The van der Waals surface area contributed by atoms with E-state index in [9.17, 15) is 4.79 Å². The van der Waals surface area contributed by atoms with Crippen molar-refractivity contribution in [3.8, 4) is 0 Å². The lowest BCUT2D eigenvalue weighted by Crippen LogP contribution is -2.40. The first-order valence-corrected chi connectivity index (χ1v) is 11.0. The lowest BCUT2D eigenvalue weighted by molar-refractivity contribution is 0.0536. The van der Waals surface area contributed by atoms with Crippen molar-refractivity contribution in [3.05, 3.63) is 16.3 Å². The summed E-state index contributed by atoms with van der Waals surface area (Å²) in [6, 6.07) is 0. The van der Waals surface area contributed by atoms with Crippen LogP contribution in [0.3, 0.4) is 0 Å². The molecule has 1 N–H and O–H groups in total. The van der Waals surface area contributed by atoms with E-state index < -0.39 is 0 Å². The number of hydrogen-bond donors (Lipinski definition) is 1. The fourth-order valence-corrected chi connectivity index (χ4v) is 3.98. The van der Waals surface area contributed by atoms with E-state index in [1.54, 1.807) is 11.8 Å². The molecule has 1 atom stereocenters. The summed E-state index contributed by atoms with van der Waals surface area (Å²) in [7, 11) is 1.69. The molecule has 0 radical (unpaired) electrons. The third kappa shape index (κ3) is 6.05. The molecule has 0 aromatic carbocycles. The maximum atomic E-state index is 12.4. The number of fused-ring (bicyclic) bond motifs is 1. The van der Waals surface area contributed by atoms with Gasteiger partial charge < -0.3 is 19.7 Å². The highest BCUT2D eigenvalue weighted by Crippen LogP contribution is 2.16. The van der Waals surface area contributed by atoms with Crippen LogP contribution < -0.4 is 11.0 Å². The number of nitrogens with zero attached hydrogens (tertiary/aromatic N) is 5. The predicted molar refractivity (Wildman–Crippen MR) is 112 cm³/mol. The van der Waals surface area contributed by atoms with Crippen molar-refractivity contribution < 1.29 is 9.47 Å². The van der Waals surface area contributed by atoms with Gasteiger partial charge in [-0.15, -0.1) is 0 Å². The number of ether oxygens (including phenoxy) is 2. The highest BCUT2D eigenvalue weighted by atomic mass is 16.5. The van der Waals surface area contributed by atoms with Crippen LogP contribution in [-0.2, 0) is 29.0 Å². The molecule has 9 nitrogen and oxygen atoms in total. The zero-order valence-corrected chi connectivity index (χ0v) is 17.9. The zero-order valence-electron chi connectivity index (χ0n) is 17.9. The van der Waals surface area contributed by atoms with Crippen molar-refractivity contribution in [1.29, 1.82) is 0 Å². The van der Waals surface area contributed by atoms with Gasteiger partial charge in [-0.1, -0.05) is 0 Å².